The number of carbonyl (C=O) groups is 2. The molecule has 0 aromatic heterocycles. The van der Waals surface area contributed by atoms with Gasteiger partial charge in [-0.25, -0.2) is 13.6 Å². The average molecular weight is 384 g/mol. The summed E-state index contributed by atoms with van der Waals surface area (Å²) in [7, 11) is -0.989. The number of hydrogen-bond acceptors (Lipinski definition) is 4. The summed E-state index contributed by atoms with van der Waals surface area (Å²) in [6.45, 7) is 1.55. The number of rotatable bonds is 4. The summed E-state index contributed by atoms with van der Waals surface area (Å²) in [6, 6.07) is 2.18. The van der Waals surface area contributed by atoms with Crippen LogP contribution in [-0.4, -0.2) is 46.9 Å². The molecule has 1 fully saturated rings. The lowest BCUT2D eigenvalue weighted by atomic mass is 10.0. The SMILES string of the molecule is CC(=O)NCC1CN(c2cc(F)c(C3=CCS(=O)CC3)c(F)c2)C(=O)O1. The van der Waals surface area contributed by atoms with Crippen LogP contribution in [0.25, 0.3) is 5.57 Å². The quantitative estimate of drug-likeness (QED) is 0.861. The van der Waals surface area contributed by atoms with Gasteiger partial charge in [0.2, 0.25) is 5.91 Å². The molecular weight excluding hydrogens is 366 g/mol. The number of carbonyl (C=O) groups excluding carboxylic acids is 2. The number of hydrogen-bond donors (Lipinski definition) is 1. The molecule has 0 bridgehead atoms. The standard InChI is InChI=1S/C17H18F2N2O4S/c1-10(22)20-8-13-9-21(17(23)25-13)12-6-14(18)16(15(19)7-12)11-2-4-26(24)5-3-11/h2,6-7,13H,3-5,8-9H2,1H3,(H,20,22). The monoisotopic (exact) mass is 384 g/mol. The highest BCUT2D eigenvalue weighted by Crippen LogP contribution is 2.32. The minimum atomic E-state index is -0.989. The molecule has 1 saturated heterocycles. The smallest absolute Gasteiger partial charge is 0.414 e. The van der Waals surface area contributed by atoms with Gasteiger partial charge in [0.05, 0.1) is 18.8 Å². The summed E-state index contributed by atoms with van der Waals surface area (Å²) in [4.78, 5) is 24.0. The Morgan fingerprint density at radius 1 is 1.38 bits per heavy atom. The number of halogens is 2. The van der Waals surface area contributed by atoms with Crippen molar-refractivity contribution in [1.82, 2.24) is 5.32 Å². The Morgan fingerprint density at radius 3 is 2.65 bits per heavy atom. The van der Waals surface area contributed by atoms with Crippen molar-refractivity contribution < 1.29 is 27.3 Å². The maximum Gasteiger partial charge on any atom is 0.414 e. The maximum atomic E-state index is 14.5. The van der Waals surface area contributed by atoms with E-state index in [-0.39, 0.29) is 36.0 Å². The fraction of sp³-hybridized carbons (Fsp3) is 0.412. The van der Waals surface area contributed by atoms with Gasteiger partial charge in [-0.1, -0.05) is 6.08 Å². The predicted molar refractivity (Wildman–Crippen MR) is 93.1 cm³/mol. The summed E-state index contributed by atoms with van der Waals surface area (Å²) in [5, 5.41) is 2.54. The van der Waals surface area contributed by atoms with Gasteiger partial charge in [-0.05, 0) is 24.1 Å². The topological polar surface area (TPSA) is 75.7 Å². The Bertz CT molecular complexity index is 789. The summed E-state index contributed by atoms with van der Waals surface area (Å²) in [5.74, 6) is -1.17. The van der Waals surface area contributed by atoms with E-state index in [0.717, 1.165) is 17.0 Å². The van der Waals surface area contributed by atoms with E-state index in [1.54, 1.807) is 6.08 Å². The molecule has 2 unspecified atom stereocenters. The lowest BCUT2D eigenvalue weighted by molar-refractivity contribution is -0.119. The summed E-state index contributed by atoms with van der Waals surface area (Å²) in [5.41, 5.74) is 0.394. The fourth-order valence-electron chi connectivity index (χ4n) is 2.95. The molecule has 2 atom stereocenters. The first-order chi connectivity index (χ1) is 12.3. The van der Waals surface area contributed by atoms with E-state index < -0.39 is 34.6 Å². The van der Waals surface area contributed by atoms with Crippen LogP contribution in [-0.2, 0) is 20.3 Å². The van der Waals surface area contributed by atoms with Gasteiger partial charge in [0.25, 0.3) is 0 Å². The molecule has 1 aromatic carbocycles. The van der Waals surface area contributed by atoms with E-state index in [9.17, 15) is 22.6 Å². The van der Waals surface area contributed by atoms with Gasteiger partial charge >= 0.3 is 6.09 Å². The van der Waals surface area contributed by atoms with Crippen molar-refractivity contribution in [2.75, 3.05) is 29.5 Å². The number of nitrogens with one attached hydrogen (secondary N) is 1. The minimum Gasteiger partial charge on any atom is -0.442 e. The van der Waals surface area contributed by atoms with Gasteiger partial charge in [0.1, 0.15) is 17.7 Å². The number of cyclic esters (lactones) is 1. The van der Waals surface area contributed by atoms with Crippen LogP contribution in [0.1, 0.15) is 18.9 Å². The zero-order valence-corrected chi connectivity index (χ0v) is 14.9. The van der Waals surface area contributed by atoms with Crippen molar-refractivity contribution >= 4 is 34.1 Å². The Labute approximate surface area is 151 Å². The molecule has 0 saturated carbocycles. The Balaban J connectivity index is 1.81. The van der Waals surface area contributed by atoms with Crippen LogP contribution >= 0.6 is 0 Å². The normalized spacial score (nSPS) is 22.8. The zero-order chi connectivity index (χ0) is 18.8. The molecule has 0 radical (unpaired) electrons. The molecule has 3 rings (SSSR count). The van der Waals surface area contributed by atoms with E-state index >= 15 is 0 Å². The zero-order valence-electron chi connectivity index (χ0n) is 14.1. The lowest BCUT2D eigenvalue weighted by Gasteiger charge is -2.18. The Hall–Kier alpha value is -2.29. The summed E-state index contributed by atoms with van der Waals surface area (Å²) >= 11 is 0. The van der Waals surface area contributed by atoms with Crippen molar-refractivity contribution in [2.45, 2.75) is 19.4 Å². The summed E-state index contributed by atoms with van der Waals surface area (Å²) in [6.07, 6.45) is 0.617. The van der Waals surface area contributed by atoms with E-state index in [0.29, 0.717) is 17.7 Å². The van der Waals surface area contributed by atoms with Crippen LogP contribution in [0.4, 0.5) is 19.3 Å². The fourth-order valence-corrected chi connectivity index (χ4v) is 3.95. The van der Waals surface area contributed by atoms with Gasteiger partial charge < -0.3 is 10.1 Å². The Kier molecular flexibility index (Phi) is 5.36. The molecule has 1 aromatic rings. The molecule has 2 aliphatic rings. The predicted octanol–water partition coefficient (Wildman–Crippen LogP) is 1.96. The number of nitrogens with zero attached hydrogens (tertiary/aromatic N) is 1. The largest absolute Gasteiger partial charge is 0.442 e. The molecule has 140 valence electrons. The number of benzene rings is 1. The highest BCUT2D eigenvalue weighted by atomic mass is 32.2. The maximum absolute atomic E-state index is 14.5. The second kappa shape index (κ2) is 7.53. The number of anilines is 1. The molecule has 1 N–H and O–H groups in total. The van der Waals surface area contributed by atoms with Crippen molar-refractivity contribution in [3.05, 3.63) is 35.4 Å². The van der Waals surface area contributed by atoms with E-state index in [4.69, 9.17) is 4.74 Å². The first-order valence-corrected chi connectivity index (χ1v) is 9.60. The van der Waals surface area contributed by atoms with Crippen LogP contribution in [0.3, 0.4) is 0 Å². The molecule has 26 heavy (non-hydrogen) atoms. The van der Waals surface area contributed by atoms with E-state index in [1.807, 2.05) is 0 Å². The average Bonchev–Trinajstić information content (AvgIpc) is 2.95. The van der Waals surface area contributed by atoms with Crippen LogP contribution in [0.5, 0.6) is 0 Å². The second-order valence-electron chi connectivity index (χ2n) is 6.13. The number of allylic oxidation sites excluding steroid dienone is 1. The molecule has 2 amide bonds. The van der Waals surface area contributed by atoms with Crippen molar-refractivity contribution in [3.63, 3.8) is 0 Å². The van der Waals surface area contributed by atoms with Gasteiger partial charge in [0, 0.05) is 34.8 Å². The Morgan fingerprint density at radius 2 is 2.08 bits per heavy atom. The van der Waals surface area contributed by atoms with E-state index in [1.165, 1.54) is 6.92 Å². The first-order valence-electron chi connectivity index (χ1n) is 8.11. The minimum absolute atomic E-state index is 0.0547. The van der Waals surface area contributed by atoms with Crippen LogP contribution in [0.15, 0.2) is 18.2 Å². The van der Waals surface area contributed by atoms with Crippen molar-refractivity contribution in [2.24, 2.45) is 0 Å². The van der Waals surface area contributed by atoms with Gasteiger partial charge in [-0.3, -0.25) is 13.9 Å². The van der Waals surface area contributed by atoms with Crippen molar-refractivity contribution in [3.8, 4) is 0 Å². The number of ether oxygens (including phenoxy) is 1. The van der Waals surface area contributed by atoms with Crippen LogP contribution in [0.2, 0.25) is 0 Å². The van der Waals surface area contributed by atoms with Crippen molar-refractivity contribution in [1.29, 1.82) is 0 Å². The lowest BCUT2D eigenvalue weighted by Crippen LogP contribution is -2.33. The van der Waals surface area contributed by atoms with E-state index in [2.05, 4.69) is 5.32 Å². The van der Waals surface area contributed by atoms with Gasteiger partial charge in [0.15, 0.2) is 0 Å². The molecule has 6 nitrogen and oxygen atoms in total. The highest BCUT2D eigenvalue weighted by molar-refractivity contribution is 7.85. The third kappa shape index (κ3) is 3.92. The molecule has 0 spiro atoms. The molecule has 2 heterocycles. The summed E-state index contributed by atoms with van der Waals surface area (Å²) < 4.78 is 45.6. The molecule has 2 aliphatic heterocycles. The molecule has 9 heteroatoms. The first kappa shape index (κ1) is 18.5. The molecule has 0 aliphatic carbocycles. The van der Waals surface area contributed by atoms with Crippen LogP contribution in [0, 0.1) is 11.6 Å². The van der Waals surface area contributed by atoms with Gasteiger partial charge in [-0.2, -0.15) is 0 Å². The van der Waals surface area contributed by atoms with Gasteiger partial charge in [-0.15, -0.1) is 0 Å². The number of amides is 2. The molecular formula is C17H18F2N2O4S. The second-order valence-corrected chi connectivity index (χ2v) is 7.75. The third-order valence-electron chi connectivity index (χ3n) is 4.23. The highest BCUT2D eigenvalue weighted by Gasteiger charge is 2.33. The van der Waals surface area contributed by atoms with Crippen LogP contribution < -0.4 is 10.2 Å². The third-order valence-corrected chi connectivity index (χ3v) is 5.43.